The first-order valence-electron chi connectivity index (χ1n) is 9.29. The average Bonchev–Trinajstić information content (AvgIpc) is 3.15. The minimum Gasteiger partial charge on any atom is -0.379 e. The molecule has 31 heavy (non-hydrogen) atoms. The molecular formula is C18H21ClF4N4O2S2. The molecule has 3 rings (SSSR count). The van der Waals surface area contributed by atoms with E-state index in [9.17, 15) is 26.0 Å². The van der Waals surface area contributed by atoms with E-state index in [1.165, 1.54) is 6.20 Å². The van der Waals surface area contributed by atoms with Crippen molar-refractivity contribution in [3.05, 3.63) is 34.5 Å². The lowest BCUT2D eigenvalue weighted by atomic mass is 9.81. The third-order valence-corrected chi connectivity index (χ3v) is 7.73. The van der Waals surface area contributed by atoms with E-state index in [1.807, 2.05) is 4.90 Å². The number of anilines is 2. The molecule has 1 aliphatic carbocycles. The molecule has 1 aromatic carbocycles. The Kier molecular flexibility index (Phi) is 7.04. The summed E-state index contributed by atoms with van der Waals surface area (Å²) in [5.74, 6) is -2.56. The number of rotatable bonds is 6. The Hall–Kier alpha value is -1.63. The number of hydrogen-bond acceptors (Lipinski definition) is 6. The zero-order chi connectivity index (χ0) is 23.0. The first kappa shape index (κ1) is 24.0. The molecule has 0 bridgehead atoms. The topological polar surface area (TPSA) is 74.3 Å². The van der Waals surface area contributed by atoms with E-state index in [0.29, 0.717) is 6.42 Å². The average molecular weight is 501 g/mol. The Morgan fingerprint density at radius 2 is 1.97 bits per heavy atom. The lowest BCUT2D eigenvalue weighted by Gasteiger charge is -2.41. The normalized spacial score (nSPS) is 22.5. The largest absolute Gasteiger partial charge is 0.391 e. The minimum atomic E-state index is -4.33. The second-order valence-electron chi connectivity index (χ2n) is 7.54. The van der Waals surface area contributed by atoms with Gasteiger partial charge in [-0.1, -0.05) is 11.6 Å². The monoisotopic (exact) mass is 500 g/mol. The molecule has 172 valence electrons. The second kappa shape index (κ2) is 9.08. The maximum atomic E-state index is 14.7. The van der Waals surface area contributed by atoms with Gasteiger partial charge in [0.1, 0.15) is 10.7 Å². The third-order valence-electron chi connectivity index (χ3n) is 5.25. The van der Waals surface area contributed by atoms with Crippen molar-refractivity contribution in [2.45, 2.75) is 42.4 Å². The Balaban J connectivity index is 1.86. The Bertz CT molecular complexity index is 1020. The molecule has 1 aromatic heterocycles. The number of hydrogen-bond donors (Lipinski definition) is 2. The molecule has 0 aliphatic heterocycles. The Labute approximate surface area is 186 Å². The van der Waals surface area contributed by atoms with Crippen LogP contribution in [0, 0.1) is 11.7 Å². The standard InChI is InChI=1S/C18H21ClF4N4O2S2/c1-27(2)15-4-3-10(18(21,22)23)7-14(15)25-13-9-12(20)16(8-11(13)19)31(28,29)26-17-24-5-6-30-17/h5-6,8-10,14-15,25H,3-4,7H2,1-2H3,(H,24,26)/t10-,14+,15+/m1/s1. The van der Waals surface area contributed by atoms with Gasteiger partial charge < -0.3 is 10.2 Å². The summed E-state index contributed by atoms with van der Waals surface area (Å²) < 4.78 is 81.6. The summed E-state index contributed by atoms with van der Waals surface area (Å²) in [6.07, 6.45) is -2.83. The van der Waals surface area contributed by atoms with Crippen LogP contribution in [0.1, 0.15) is 19.3 Å². The molecule has 2 N–H and O–H groups in total. The van der Waals surface area contributed by atoms with E-state index >= 15 is 0 Å². The van der Waals surface area contributed by atoms with Crippen molar-refractivity contribution in [1.29, 1.82) is 0 Å². The highest BCUT2D eigenvalue weighted by Gasteiger charge is 2.45. The lowest BCUT2D eigenvalue weighted by molar-refractivity contribution is -0.185. The molecule has 1 fully saturated rings. The highest BCUT2D eigenvalue weighted by atomic mass is 35.5. The Morgan fingerprint density at radius 3 is 2.55 bits per heavy atom. The summed E-state index contributed by atoms with van der Waals surface area (Å²) in [4.78, 5) is 4.92. The quantitative estimate of drug-likeness (QED) is 0.557. The molecule has 1 saturated carbocycles. The van der Waals surface area contributed by atoms with Crippen LogP contribution in [-0.2, 0) is 10.0 Å². The summed E-state index contributed by atoms with van der Waals surface area (Å²) in [6.45, 7) is 0. The van der Waals surface area contributed by atoms with Crippen LogP contribution in [0.5, 0.6) is 0 Å². The van der Waals surface area contributed by atoms with Crippen molar-refractivity contribution < 1.29 is 26.0 Å². The van der Waals surface area contributed by atoms with E-state index in [1.54, 1.807) is 19.5 Å². The van der Waals surface area contributed by atoms with Gasteiger partial charge in [0.15, 0.2) is 5.13 Å². The van der Waals surface area contributed by atoms with E-state index < -0.39 is 38.9 Å². The van der Waals surface area contributed by atoms with Gasteiger partial charge >= 0.3 is 6.18 Å². The van der Waals surface area contributed by atoms with Gasteiger partial charge in [-0.05, 0) is 45.5 Å². The molecule has 0 spiro atoms. The van der Waals surface area contributed by atoms with Gasteiger partial charge in [-0.15, -0.1) is 11.3 Å². The van der Waals surface area contributed by atoms with E-state index in [-0.39, 0.29) is 34.7 Å². The predicted molar refractivity (Wildman–Crippen MR) is 113 cm³/mol. The summed E-state index contributed by atoms with van der Waals surface area (Å²) >= 11 is 7.21. The van der Waals surface area contributed by atoms with E-state index in [0.717, 1.165) is 23.5 Å². The number of thiazole rings is 1. The molecule has 0 unspecified atom stereocenters. The van der Waals surface area contributed by atoms with Crippen LogP contribution < -0.4 is 10.0 Å². The Morgan fingerprint density at radius 1 is 1.26 bits per heavy atom. The van der Waals surface area contributed by atoms with Crippen molar-refractivity contribution in [3.63, 3.8) is 0 Å². The molecule has 1 heterocycles. The summed E-state index contributed by atoms with van der Waals surface area (Å²) in [6, 6.07) is 0.947. The number of nitrogens with one attached hydrogen (secondary N) is 2. The zero-order valence-corrected chi connectivity index (χ0v) is 19.0. The molecule has 0 amide bonds. The summed E-state index contributed by atoms with van der Waals surface area (Å²) in [5.41, 5.74) is 0.0343. The number of benzene rings is 1. The highest BCUT2D eigenvalue weighted by Crippen LogP contribution is 2.40. The smallest absolute Gasteiger partial charge is 0.379 e. The van der Waals surface area contributed by atoms with E-state index in [4.69, 9.17) is 11.6 Å². The predicted octanol–water partition coefficient (Wildman–Crippen LogP) is 4.81. The van der Waals surface area contributed by atoms with Crippen molar-refractivity contribution >= 4 is 43.8 Å². The highest BCUT2D eigenvalue weighted by molar-refractivity contribution is 7.93. The zero-order valence-electron chi connectivity index (χ0n) is 16.6. The fourth-order valence-corrected chi connectivity index (χ4v) is 5.87. The maximum Gasteiger partial charge on any atom is 0.391 e. The third kappa shape index (κ3) is 5.60. The number of halogens is 5. The van der Waals surface area contributed by atoms with Crippen LogP contribution >= 0.6 is 22.9 Å². The lowest BCUT2D eigenvalue weighted by Crippen LogP contribution is -2.49. The van der Waals surface area contributed by atoms with Crippen LogP contribution in [0.2, 0.25) is 5.02 Å². The molecule has 3 atom stereocenters. The van der Waals surface area contributed by atoms with Crippen LogP contribution in [0.3, 0.4) is 0 Å². The van der Waals surface area contributed by atoms with Gasteiger partial charge in [-0.25, -0.2) is 17.8 Å². The van der Waals surface area contributed by atoms with E-state index in [2.05, 4.69) is 15.0 Å². The first-order chi connectivity index (χ1) is 14.4. The van der Waals surface area contributed by atoms with Crippen molar-refractivity contribution in [1.82, 2.24) is 9.88 Å². The van der Waals surface area contributed by atoms with Gasteiger partial charge in [-0.3, -0.25) is 4.72 Å². The van der Waals surface area contributed by atoms with Gasteiger partial charge in [0.25, 0.3) is 10.0 Å². The van der Waals surface area contributed by atoms with Crippen LogP contribution in [0.25, 0.3) is 0 Å². The van der Waals surface area contributed by atoms with Crippen LogP contribution in [-0.4, -0.2) is 50.7 Å². The van der Waals surface area contributed by atoms with Crippen LogP contribution in [0.4, 0.5) is 28.4 Å². The maximum absolute atomic E-state index is 14.7. The molecule has 13 heteroatoms. The first-order valence-corrected chi connectivity index (χ1v) is 12.0. The van der Waals surface area contributed by atoms with Gasteiger partial charge in [0.2, 0.25) is 0 Å². The van der Waals surface area contributed by atoms with Gasteiger partial charge in [0.05, 0.1) is 16.6 Å². The summed E-state index contributed by atoms with van der Waals surface area (Å²) in [5, 5.41) is 4.40. The molecule has 6 nitrogen and oxygen atoms in total. The number of likely N-dealkylation sites (N-methyl/N-ethyl adjacent to an activating group) is 1. The minimum absolute atomic E-state index is 0.00618. The fraction of sp³-hybridized carbons (Fsp3) is 0.500. The molecule has 1 aliphatic rings. The molecule has 0 saturated heterocycles. The number of sulfonamides is 1. The van der Waals surface area contributed by atoms with Gasteiger partial charge in [-0.2, -0.15) is 13.2 Å². The fourth-order valence-electron chi connectivity index (χ4n) is 3.71. The van der Waals surface area contributed by atoms with Crippen LogP contribution in [0.15, 0.2) is 28.6 Å². The second-order valence-corrected chi connectivity index (χ2v) is 10.5. The molecule has 2 aromatic rings. The summed E-state index contributed by atoms with van der Waals surface area (Å²) in [7, 11) is -0.766. The number of nitrogens with zero attached hydrogens (tertiary/aromatic N) is 2. The van der Waals surface area contributed by atoms with Crippen molar-refractivity contribution in [2.24, 2.45) is 5.92 Å². The van der Waals surface area contributed by atoms with Gasteiger partial charge in [0, 0.05) is 23.7 Å². The molecular weight excluding hydrogens is 480 g/mol. The number of alkyl halides is 3. The number of aromatic nitrogens is 1. The van der Waals surface area contributed by atoms with Crippen molar-refractivity contribution in [3.8, 4) is 0 Å². The van der Waals surface area contributed by atoms with Crippen molar-refractivity contribution in [2.75, 3.05) is 24.1 Å². The molecule has 0 radical (unpaired) electrons. The SMILES string of the molecule is CN(C)[C@H]1CC[C@@H](C(F)(F)F)C[C@@H]1Nc1cc(F)c(S(=O)(=O)Nc2nccs2)cc1Cl.